The lowest BCUT2D eigenvalue weighted by Gasteiger charge is -2.15. The highest BCUT2D eigenvalue weighted by molar-refractivity contribution is 9.11. The molecular formula is C12H14BrNS2. The molecule has 2 heterocycles. The maximum Gasteiger partial charge on any atom is 0.0701 e. The summed E-state index contributed by atoms with van der Waals surface area (Å²) in [6.07, 6.45) is 1.07. The molecule has 0 bridgehead atoms. The Kier molecular flexibility index (Phi) is 4.58. The topological polar surface area (TPSA) is 12.0 Å². The van der Waals surface area contributed by atoms with E-state index in [0.29, 0.717) is 6.04 Å². The van der Waals surface area contributed by atoms with Gasteiger partial charge in [0.15, 0.2) is 0 Å². The first kappa shape index (κ1) is 12.3. The van der Waals surface area contributed by atoms with Gasteiger partial charge >= 0.3 is 0 Å². The number of likely N-dealkylation sites (N-methyl/N-ethyl adjacent to an activating group) is 1. The van der Waals surface area contributed by atoms with Crippen molar-refractivity contribution in [3.63, 3.8) is 0 Å². The molecule has 2 rings (SSSR count). The van der Waals surface area contributed by atoms with Gasteiger partial charge in [0, 0.05) is 17.3 Å². The van der Waals surface area contributed by atoms with E-state index in [-0.39, 0.29) is 0 Å². The third kappa shape index (κ3) is 3.17. The van der Waals surface area contributed by atoms with E-state index < -0.39 is 0 Å². The number of thiophene rings is 2. The zero-order valence-corrected chi connectivity index (χ0v) is 12.3. The Hall–Kier alpha value is -0.160. The summed E-state index contributed by atoms with van der Waals surface area (Å²) in [5.41, 5.74) is 1.40. The van der Waals surface area contributed by atoms with Crippen LogP contribution < -0.4 is 5.32 Å². The van der Waals surface area contributed by atoms with Crippen molar-refractivity contribution in [2.24, 2.45) is 0 Å². The molecule has 1 atom stereocenters. The average molecular weight is 316 g/mol. The van der Waals surface area contributed by atoms with Crippen LogP contribution in [0.2, 0.25) is 0 Å². The predicted octanol–water partition coefficient (Wildman–Crippen LogP) is 4.47. The van der Waals surface area contributed by atoms with Crippen LogP contribution in [0.25, 0.3) is 0 Å². The summed E-state index contributed by atoms with van der Waals surface area (Å²) in [5.74, 6) is 0. The lowest BCUT2D eigenvalue weighted by atomic mass is 10.1. The first-order valence-electron chi connectivity index (χ1n) is 5.29. The fourth-order valence-corrected chi connectivity index (χ4v) is 3.93. The molecule has 1 nitrogen and oxygen atoms in total. The van der Waals surface area contributed by atoms with Gasteiger partial charge in [-0.15, -0.1) is 11.3 Å². The third-order valence-corrected chi connectivity index (χ3v) is 4.78. The van der Waals surface area contributed by atoms with Crippen LogP contribution in [0, 0.1) is 0 Å². The summed E-state index contributed by atoms with van der Waals surface area (Å²) in [6.45, 7) is 3.16. The van der Waals surface area contributed by atoms with Gasteiger partial charge in [-0.2, -0.15) is 11.3 Å². The number of hydrogen-bond acceptors (Lipinski definition) is 3. The molecule has 0 saturated carbocycles. The molecule has 4 heteroatoms. The molecular weight excluding hydrogens is 302 g/mol. The summed E-state index contributed by atoms with van der Waals surface area (Å²) in [7, 11) is 0. The SMILES string of the molecule is CCNC(Cc1ccc(Br)s1)c1ccsc1. The fourth-order valence-electron chi connectivity index (χ4n) is 1.69. The molecule has 1 N–H and O–H groups in total. The fraction of sp³-hybridized carbons (Fsp3) is 0.333. The molecule has 0 spiro atoms. The normalized spacial score (nSPS) is 12.9. The Labute approximate surface area is 113 Å². The van der Waals surface area contributed by atoms with E-state index in [9.17, 15) is 0 Å². The van der Waals surface area contributed by atoms with Gasteiger partial charge in [-0.25, -0.2) is 0 Å². The summed E-state index contributed by atoms with van der Waals surface area (Å²) in [5, 5.41) is 7.92. The molecule has 0 aliphatic heterocycles. The second-order valence-electron chi connectivity index (χ2n) is 3.58. The van der Waals surface area contributed by atoms with E-state index in [4.69, 9.17) is 0 Å². The van der Waals surface area contributed by atoms with Gasteiger partial charge in [0.2, 0.25) is 0 Å². The predicted molar refractivity (Wildman–Crippen MR) is 76.5 cm³/mol. The lowest BCUT2D eigenvalue weighted by Crippen LogP contribution is -2.22. The van der Waals surface area contributed by atoms with E-state index in [1.54, 1.807) is 11.3 Å². The Morgan fingerprint density at radius 1 is 1.38 bits per heavy atom. The van der Waals surface area contributed by atoms with Gasteiger partial charge in [0.1, 0.15) is 0 Å². The largest absolute Gasteiger partial charge is 0.310 e. The Balaban J connectivity index is 2.09. The zero-order chi connectivity index (χ0) is 11.4. The standard InChI is InChI=1S/C12H14BrNS2/c1-2-14-11(9-5-6-15-8-9)7-10-3-4-12(13)16-10/h3-6,8,11,14H,2,7H2,1H3. The van der Waals surface area contributed by atoms with Crippen molar-refractivity contribution >= 4 is 38.6 Å². The molecule has 0 amide bonds. The van der Waals surface area contributed by atoms with Crippen molar-refractivity contribution in [1.82, 2.24) is 5.32 Å². The van der Waals surface area contributed by atoms with Gasteiger partial charge < -0.3 is 5.32 Å². The maximum absolute atomic E-state index is 3.54. The van der Waals surface area contributed by atoms with Crippen molar-refractivity contribution in [2.45, 2.75) is 19.4 Å². The van der Waals surface area contributed by atoms with Crippen LogP contribution in [0.5, 0.6) is 0 Å². The molecule has 0 saturated heterocycles. The van der Waals surface area contributed by atoms with Gasteiger partial charge in [-0.1, -0.05) is 6.92 Å². The highest BCUT2D eigenvalue weighted by Crippen LogP contribution is 2.27. The van der Waals surface area contributed by atoms with Crippen LogP contribution in [0.4, 0.5) is 0 Å². The monoisotopic (exact) mass is 315 g/mol. The van der Waals surface area contributed by atoms with Crippen molar-refractivity contribution in [1.29, 1.82) is 0 Å². The Morgan fingerprint density at radius 3 is 2.81 bits per heavy atom. The van der Waals surface area contributed by atoms with E-state index >= 15 is 0 Å². The molecule has 0 aliphatic rings. The average Bonchev–Trinajstić information content (AvgIpc) is 2.88. The Bertz CT molecular complexity index is 422. The van der Waals surface area contributed by atoms with E-state index in [1.165, 1.54) is 14.2 Å². The minimum Gasteiger partial charge on any atom is -0.310 e. The van der Waals surface area contributed by atoms with Crippen molar-refractivity contribution in [3.8, 4) is 0 Å². The van der Waals surface area contributed by atoms with Crippen LogP contribution in [0.3, 0.4) is 0 Å². The first-order valence-corrected chi connectivity index (χ1v) is 7.84. The van der Waals surface area contributed by atoms with E-state index in [1.807, 2.05) is 11.3 Å². The summed E-state index contributed by atoms with van der Waals surface area (Å²) in [6, 6.07) is 6.98. The quantitative estimate of drug-likeness (QED) is 0.858. The number of nitrogens with one attached hydrogen (secondary N) is 1. The molecule has 16 heavy (non-hydrogen) atoms. The molecule has 2 aromatic heterocycles. The van der Waals surface area contributed by atoms with Crippen molar-refractivity contribution < 1.29 is 0 Å². The third-order valence-electron chi connectivity index (χ3n) is 2.43. The van der Waals surface area contributed by atoms with Crippen LogP contribution in [-0.4, -0.2) is 6.54 Å². The highest BCUT2D eigenvalue weighted by Gasteiger charge is 2.12. The van der Waals surface area contributed by atoms with Gasteiger partial charge in [-0.05, 0) is 57.0 Å². The molecule has 0 aliphatic carbocycles. The molecule has 0 aromatic carbocycles. The van der Waals surface area contributed by atoms with E-state index in [0.717, 1.165) is 13.0 Å². The van der Waals surface area contributed by atoms with Crippen LogP contribution >= 0.6 is 38.6 Å². The molecule has 0 fully saturated rings. The number of halogens is 1. The summed E-state index contributed by atoms with van der Waals surface area (Å²) in [4.78, 5) is 1.42. The van der Waals surface area contributed by atoms with Crippen LogP contribution in [0.1, 0.15) is 23.4 Å². The van der Waals surface area contributed by atoms with Crippen molar-refractivity contribution in [2.75, 3.05) is 6.54 Å². The van der Waals surface area contributed by atoms with Gasteiger partial charge in [0.25, 0.3) is 0 Å². The van der Waals surface area contributed by atoms with Crippen molar-refractivity contribution in [3.05, 3.63) is 43.2 Å². The minimum absolute atomic E-state index is 0.446. The smallest absolute Gasteiger partial charge is 0.0701 e. The van der Waals surface area contributed by atoms with Crippen LogP contribution in [0.15, 0.2) is 32.7 Å². The Morgan fingerprint density at radius 2 is 2.25 bits per heavy atom. The molecule has 86 valence electrons. The number of hydrogen-bond donors (Lipinski definition) is 1. The lowest BCUT2D eigenvalue weighted by molar-refractivity contribution is 0.555. The molecule has 0 radical (unpaired) electrons. The first-order chi connectivity index (χ1) is 7.79. The minimum atomic E-state index is 0.446. The molecule has 2 aromatic rings. The summed E-state index contributed by atoms with van der Waals surface area (Å²) < 4.78 is 1.21. The van der Waals surface area contributed by atoms with Gasteiger partial charge in [0.05, 0.1) is 3.79 Å². The highest BCUT2D eigenvalue weighted by atomic mass is 79.9. The zero-order valence-electron chi connectivity index (χ0n) is 9.07. The van der Waals surface area contributed by atoms with E-state index in [2.05, 4.69) is 57.1 Å². The molecule has 1 unspecified atom stereocenters. The van der Waals surface area contributed by atoms with Crippen LogP contribution in [-0.2, 0) is 6.42 Å². The second kappa shape index (κ2) is 5.96. The number of rotatable bonds is 5. The summed E-state index contributed by atoms with van der Waals surface area (Å²) >= 11 is 7.09. The van der Waals surface area contributed by atoms with Gasteiger partial charge in [-0.3, -0.25) is 0 Å². The maximum atomic E-state index is 3.54. The second-order valence-corrected chi connectivity index (χ2v) is 6.90.